The van der Waals surface area contributed by atoms with E-state index in [1.165, 1.54) is 11.1 Å². The Balaban J connectivity index is 2.10. The molecule has 3 rings (SSSR count). The maximum Gasteiger partial charge on any atom is 0.0643 e. The van der Waals surface area contributed by atoms with Crippen LogP contribution in [0.3, 0.4) is 0 Å². The third-order valence-electron chi connectivity index (χ3n) is 3.16. The van der Waals surface area contributed by atoms with Crippen molar-refractivity contribution < 1.29 is 0 Å². The van der Waals surface area contributed by atoms with Crippen molar-refractivity contribution in [2.24, 2.45) is 0 Å². The molecule has 0 fully saturated rings. The van der Waals surface area contributed by atoms with E-state index in [0.29, 0.717) is 10.0 Å². The summed E-state index contributed by atoms with van der Waals surface area (Å²) in [7, 11) is 0. The van der Waals surface area contributed by atoms with E-state index in [2.05, 4.69) is 29.6 Å². The average molecular weight is 264 g/mol. The summed E-state index contributed by atoms with van der Waals surface area (Å²) >= 11 is 12.3. The van der Waals surface area contributed by atoms with Crippen LogP contribution in [0.2, 0.25) is 10.0 Å². The molecule has 1 nitrogen and oxygen atoms in total. The highest BCUT2D eigenvalue weighted by atomic mass is 35.5. The topological polar surface area (TPSA) is 12.0 Å². The van der Waals surface area contributed by atoms with Gasteiger partial charge in [-0.2, -0.15) is 0 Å². The summed E-state index contributed by atoms with van der Waals surface area (Å²) in [6.45, 7) is 0.879. The van der Waals surface area contributed by atoms with Gasteiger partial charge in [0.15, 0.2) is 0 Å². The van der Waals surface area contributed by atoms with E-state index in [4.69, 9.17) is 23.2 Å². The maximum atomic E-state index is 6.27. The van der Waals surface area contributed by atoms with Gasteiger partial charge in [-0.05, 0) is 22.8 Å². The van der Waals surface area contributed by atoms with E-state index >= 15 is 0 Å². The highest BCUT2D eigenvalue weighted by Gasteiger charge is 2.24. The molecule has 0 radical (unpaired) electrons. The van der Waals surface area contributed by atoms with Gasteiger partial charge in [0.25, 0.3) is 0 Å². The molecule has 3 heteroatoms. The molecule has 1 unspecified atom stereocenters. The van der Waals surface area contributed by atoms with Crippen LogP contribution in [0.15, 0.2) is 42.5 Å². The van der Waals surface area contributed by atoms with Crippen molar-refractivity contribution in [1.29, 1.82) is 0 Å². The molecule has 1 N–H and O–H groups in total. The minimum absolute atomic E-state index is 0.150. The fourth-order valence-corrected chi connectivity index (χ4v) is 2.74. The lowest BCUT2D eigenvalue weighted by molar-refractivity contribution is 0.667. The molecule has 0 saturated carbocycles. The van der Waals surface area contributed by atoms with Gasteiger partial charge < -0.3 is 5.32 Å². The number of hydrogen-bond acceptors (Lipinski definition) is 1. The van der Waals surface area contributed by atoms with Crippen LogP contribution in [0, 0.1) is 0 Å². The Morgan fingerprint density at radius 2 is 1.71 bits per heavy atom. The second-order valence-corrected chi connectivity index (χ2v) is 4.94. The van der Waals surface area contributed by atoms with Gasteiger partial charge in [-0.3, -0.25) is 0 Å². The van der Waals surface area contributed by atoms with E-state index in [1.807, 2.05) is 18.2 Å². The van der Waals surface area contributed by atoms with Gasteiger partial charge in [0.2, 0.25) is 0 Å². The Labute approximate surface area is 110 Å². The molecule has 1 aliphatic heterocycles. The molecule has 0 saturated heterocycles. The van der Waals surface area contributed by atoms with Crippen LogP contribution in [0.5, 0.6) is 0 Å². The van der Waals surface area contributed by atoms with Crippen molar-refractivity contribution in [1.82, 2.24) is 5.32 Å². The molecule has 1 atom stereocenters. The van der Waals surface area contributed by atoms with Gasteiger partial charge >= 0.3 is 0 Å². The SMILES string of the molecule is Clc1cccc(C2NCc3ccccc32)c1Cl. The first kappa shape index (κ1) is 11.1. The molecule has 1 heterocycles. The van der Waals surface area contributed by atoms with Crippen LogP contribution < -0.4 is 5.32 Å². The number of rotatable bonds is 1. The Morgan fingerprint density at radius 3 is 2.59 bits per heavy atom. The average Bonchev–Trinajstić information content (AvgIpc) is 2.77. The zero-order valence-corrected chi connectivity index (χ0v) is 10.6. The summed E-state index contributed by atoms with van der Waals surface area (Å²) in [6.07, 6.45) is 0. The molecule has 0 amide bonds. The van der Waals surface area contributed by atoms with Crippen molar-refractivity contribution in [3.63, 3.8) is 0 Å². The number of benzene rings is 2. The first-order valence-electron chi connectivity index (χ1n) is 5.52. The lowest BCUT2D eigenvalue weighted by atomic mass is 9.98. The van der Waals surface area contributed by atoms with Gasteiger partial charge in [0, 0.05) is 6.54 Å². The van der Waals surface area contributed by atoms with E-state index in [1.54, 1.807) is 0 Å². The lowest BCUT2D eigenvalue weighted by Gasteiger charge is -2.15. The molecular formula is C14H11Cl2N. The van der Waals surface area contributed by atoms with Crippen molar-refractivity contribution in [2.45, 2.75) is 12.6 Å². The smallest absolute Gasteiger partial charge is 0.0643 e. The van der Waals surface area contributed by atoms with Gasteiger partial charge in [0.1, 0.15) is 0 Å². The molecule has 2 aromatic carbocycles. The summed E-state index contributed by atoms with van der Waals surface area (Å²) in [5, 5.41) is 4.71. The first-order valence-corrected chi connectivity index (χ1v) is 6.28. The second-order valence-electron chi connectivity index (χ2n) is 4.16. The van der Waals surface area contributed by atoms with E-state index in [0.717, 1.165) is 12.1 Å². The fraction of sp³-hybridized carbons (Fsp3) is 0.143. The molecule has 0 aromatic heterocycles. The zero-order chi connectivity index (χ0) is 11.8. The standard InChI is InChI=1S/C14H11Cl2N/c15-12-7-3-6-11(13(12)16)14-10-5-2-1-4-9(10)8-17-14/h1-7,14,17H,8H2. The van der Waals surface area contributed by atoms with E-state index in [9.17, 15) is 0 Å². The molecule has 0 spiro atoms. The summed E-state index contributed by atoms with van der Waals surface area (Å²) in [5.41, 5.74) is 3.66. The number of hydrogen-bond donors (Lipinski definition) is 1. The van der Waals surface area contributed by atoms with E-state index < -0.39 is 0 Å². The normalized spacial score (nSPS) is 18.1. The van der Waals surface area contributed by atoms with Crippen LogP contribution in [-0.4, -0.2) is 0 Å². The predicted octanol–water partition coefficient (Wildman–Crippen LogP) is 4.19. The largest absolute Gasteiger partial charge is 0.302 e. The summed E-state index contributed by atoms with van der Waals surface area (Å²) < 4.78 is 0. The van der Waals surface area contributed by atoms with Crippen LogP contribution in [0.1, 0.15) is 22.7 Å². The third-order valence-corrected chi connectivity index (χ3v) is 3.99. The molecule has 86 valence electrons. The van der Waals surface area contributed by atoms with Crippen molar-refractivity contribution >= 4 is 23.2 Å². The Hall–Kier alpha value is -1.02. The van der Waals surface area contributed by atoms with Gasteiger partial charge in [-0.15, -0.1) is 0 Å². The van der Waals surface area contributed by atoms with Crippen molar-refractivity contribution in [2.75, 3.05) is 0 Å². The van der Waals surface area contributed by atoms with Gasteiger partial charge in [-0.1, -0.05) is 59.6 Å². The van der Waals surface area contributed by atoms with Crippen LogP contribution >= 0.6 is 23.2 Å². The molecule has 1 aliphatic rings. The number of fused-ring (bicyclic) bond motifs is 1. The molecule has 17 heavy (non-hydrogen) atoms. The summed E-state index contributed by atoms with van der Waals surface area (Å²) in [6, 6.07) is 14.3. The zero-order valence-electron chi connectivity index (χ0n) is 9.08. The first-order chi connectivity index (χ1) is 8.27. The Morgan fingerprint density at radius 1 is 0.941 bits per heavy atom. The highest BCUT2D eigenvalue weighted by molar-refractivity contribution is 6.42. The Kier molecular flexibility index (Phi) is 2.83. The van der Waals surface area contributed by atoms with Gasteiger partial charge in [0.05, 0.1) is 16.1 Å². The number of halogens is 2. The molecule has 0 bridgehead atoms. The van der Waals surface area contributed by atoms with Crippen molar-refractivity contribution in [3.05, 3.63) is 69.2 Å². The number of nitrogens with one attached hydrogen (secondary N) is 1. The second kappa shape index (κ2) is 4.34. The minimum Gasteiger partial charge on any atom is -0.302 e. The lowest BCUT2D eigenvalue weighted by Crippen LogP contribution is -2.13. The summed E-state index contributed by atoms with van der Waals surface area (Å²) in [5.74, 6) is 0. The van der Waals surface area contributed by atoms with Crippen molar-refractivity contribution in [3.8, 4) is 0 Å². The quantitative estimate of drug-likeness (QED) is 0.814. The van der Waals surface area contributed by atoms with E-state index in [-0.39, 0.29) is 6.04 Å². The predicted molar refractivity (Wildman–Crippen MR) is 71.6 cm³/mol. The monoisotopic (exact) mass is 263 g/mol. The Bertz CT molecular complexity index is 566. The summed E-state index contributed by atoms with van der Waals surface area (Å²) in [4.78, 5) is 0. The van der Waals surface area contributed by atoms with Gasteiger partial charge in [-0.25, -0.2) is 0 Å². The molecule has 2 aromatic rings. The van der Waals surface area contributed by atoms with Crippen LogP contribution in [0.4, 0.5) is 0 Å². The third kappa shape index (κ3) is 1.85. The minimum atomic E-state index is 0.150. The maximum absolute atomic E-state index is 6.27. The highest BCUT2D eigenvalue weighted by Crippen LogP contribution is 2.37. The molecule has 0 aliphatic carbocycles. The van der Waals surface area contributed by atoms with Crippen LogP contribution in [0.25, 0.3) is 0 Å². The fourth-order valence-electron chi connectivity index (χ4n) is 2.32. The molecular weight excluding hydrogens is 253 g/mol. The van der Waals surface area contributed by atoms with Crippen LogP contribution in [-0.2, 0) is 6.54 Å².